The van der Waals surface area contributed by atoms with E-state index in [9.17, 15) is 4.79 Å². The van der Waals surface area contributed by atoms with Crippen LogP contribution in [0, 0.1) is 5.41 Å². The first-order chi connectivity index (χ1) is 9.10. The van der Waals surface area contributed by atoms with Gasteiger partial charge >= 0.3 is 0 Å². The van der Waals surface area contributed by atoms with Crippen LogP contribution in [0.5, 0.6) is 0 Å². The molecular formula is C13H22N4OS. The Bertz CT molecular complexity index is 453. The van der Waals surface area contributed by atoms with Gasteiger partial charge in [0.05, 0.1) is 0 Å². The summed E-state index contributed by atoms with van der Waals surface area (Å²) in [5.41, 5.74) is 6.14. The molecule has 0 radical (unpaired) electrons. The number of anilines is 2. The number of hydrogen-bond donors (Lipinski definition) is 3. The van der Waals surface area contributed by atoms with Crippen molar-refractivity contribution >= 4 is 28.2 Å². The summed E-state index contributed by atoms with van der Waals surface area (Å²) in [4.78, 5) is 16.8. The van der Waals surface area contributed by atoms with Crippen LogP contribution in [-0.4, -0.2) is 24.0 Å². The molecule has 1 aliphatic rings. The predicted molar refractivity (Wildman–Crippen MR) is 79.6 cm³/mol. The molecule has 1 aromatic heterocycles. The molecule has 1 heterocycles. The Balaban J connectivity index is 1.92. The number of amides is 1. The van der Waals surface area contributed by atoms with Crippen LogP contribution in [0.4, 0.5) is 10.9 Å². The summed E-state index contributed by atoms with van der Waals surface area (Å²) < 4.78 is 0. The van der Waals surface area contributed by atoms with Crippen LogP contribution in [-0.2, 0) is 0 Å². The van der Waals surface area contributed by atoms with Gasteiger partial charge in [0.25, 0.3) is 5.91 Å². The number of carbonyl (C=O) groups is 1. The fourth-order valence-corrected chi connectivity index (χ4v) is 3.16. The van der Waals surface area contributed by atoms with E-state index < -0.39 is 0 Å². The summed E-state index contributed by atoms with van der Waals surface area (Å²) in [5, 5.41) is 6.79. The van der Waals surface area contributed by atoms with Gasteiger partial charge in [-0.3, -0.25) is 4.79 Å². The van der Waals surface area contributed by atoms with Crippen molar-refractivity contribution in [1.29, 1.82) is 0 Å². The Morgan fingerprint density at radius 2 is 2.21 bits per heavy atom. The first-order valence-corrected chi connectivity index (χ1v) is 7.70. The van der Waals surface area contributed by atoms with Crippen molar-refractivity contribution in [3.05, 3.63) is 4.88 Å². The second-order valence-corrected chi connectivity index (χ2v) is 6.20. The van der Waals surface area contributed by atoms with E-state index >= 15 is 0 Å². The van der Waals surface area contributed by atoms with Crippen molar-refractivity contribution < 1.29 is 4.79 Å². The summed E-state index contributed by atoms with van der Waals surface area (Å²) in [6, 6.07) is 0. The standard InChI is InChI=1S/C13H22N4OS/c1-3-5-13(6-7-13)8-16-11(18)9-10(14)17-12(19-9)15-4-2/h3-8,14H2,1-2H3,(H,15,17)(H,16,18). The van der Waals surface area contributed by atoms with Crippen LogP contribution >= 0.6 is 11.3 Å². The molecular weight excluding hydrogens is 260 g/mol. The van der Waals surface area contributed by atoms with E-state index in [2.05, 4.69) is 22.5 Å². The second-order valence-electron chi connectivity index (χ2n) is 5.20. The van der Waals surface area contributed by atoms with E-state index in [0.717, 1.165) is 13.1 Å². The number of nitrogens with one attached hydrogen (secondary N) is 2. The molecule has 0 spiro atoms. The highest BCUT2D eigenvalue weighted by Crippen LogP contribution is 2.49. The number of nitrogen functional groups attached to an aromatic ring is 1. The van der Waals surface area contributed by atoms with E-state index in [4.69, 9.17) is 5.73 Å². The van der Waals surface area contributed by atoms with E-state index in [1.807, 2.05) is 6.92 Å². The zero-order valence-corrected chi connectivity index (χ0v) is 12.4. The van der Waals surface area contributed by atoms with Gasteiger partial charge in [0.15, 0.2) is 5.13 Å². The van der Waals surface area contributed by atoms with Crippen LogP contribution in [0.15, 0.2) is 0 Å². The molecule has 6 heteroatoms. The van der Waals surface area contributed by atoms with Gasteiger partial charge in [-0.05, 0) is 31.6 Å². The maximum absolute atomic E-state index is 12.1. The van der Waals surface area contributed by atoms with Gasteiger partial charge in [-0.25, -0.2) is 4.98 Å². The van der Waals surface area contributed by atoms with E-state index in [1.165, 1.54) is 37.0 Å². The van der Waals surface area contributed by atoms with Gasteiger partial charge in [0.1, 0.15) is 10.7 Å². The molecule has 0 atom stereocenters. The predicted octanol–water partition coefficient (Wildman–Crippen LogP) is 2.47. The summed E-state index contributed by atoms with van der Waals surface area (Å²) in [7, 11) is 0. The summed E-state index contributed by atoms with van der Waals surface area (Å²) in [5.74, 6) is 0.223. The summed E-state index contributed by atoms with van der Waals surface area (Å²) in [6.07, 6.45) is 4.81. The van der Waals surface area contributed by atoms with Gasteiger partial charge in [0.2, 0.25) is 0 Å². The molecule has 0 saturated heterocycles. The lowest BCUT2D eigenvalue weighted by atomic mass is 10.0. The number of hydrogen-bond acceptors (Lipinski definition) is 5. The number of nitrogens with zero attached hydrogens (tertiary/aromatic N) is 1. The highest BCUT2D eigenvalue weighted by Gasteiger charge is 2.41. The van der Waals surface area contributed by atoms with E-state index in [-0.39, 0.29) is 5.91 Å². The molecule has 1 fully saturated rings. The second kappa shape index (κ2) is 5.77. The van der Waals surface area contributed by atoms with Crippen LogP contribution in [0.2, 0.25) is 0 Å². The van der Waals surface area contributed by atoms with Crippen molar-refractivity contribution in [2.75, 3.05) is 24.1 Å². The van der Waals surface area contributed by atoms with Crippen LogP contribution in [0.1, 0.15) is 49.2 Å². The van der Waals surface area contributed by atoms with Gasteiger partial charge in [-0.1, -0.05) is 24.7 Å². The number of thiazole rings is 1. The molecule has 0 aliphatic heterocycles. The average molecular weight is 282 g/mol. The number of rotatable bonds is 7. The third-order valence-corrected chi connectivity index (χ3v) is 4.58. The fraction of sp³-hybridized carbons (Fsp3) is 0.692. The molecule has 4 N–H and O–H groups in total. The Kier molecular flexibility index (Phi) is 4.29. The first kappa shape index (κ1) is 14.1. The normalized spacial score (nSPS) is 16.1. The molecule has 19 heavy (non-hydrogen) atoms. The average Bonchev–Trinajstić information content (AvgIpc) is 3.04. The van der Waals surface area contributed by atoms with Crippen molar-refractivity contribution in [3.63, 3.8) is 0 Å². The lowest BCUT2D eigenvalue weighted by molar-refractivity contribution is 0.0948. The molecule has 2 rings (SSSR count). The van der Waals surface area contributed by atoms with Crippen LogP contribution in [0.3, 0.4) is 0 Å². The monoisotopic (exact) mass is 282 g/mol. The SMILES string of the molecule is CCCC1(CNC(=O)c2sc(NCC)nc2N)CC1. The molecule has 1 amide bonds. The Morgan fingerprint density at radius 1 is 1.47 bits per heavy atom. The molecule has 1 aromatic rings. The number of nitrogens with two attached hydrogens (primary N) is 1. The maximum Gasteiger partial charge on any atom is 0.265 e. The molecule has 0 aromatic carbocycles. The minimum absolute atomic E-state index is 0.0958. The fourth-order valence-electron chi connectivity index (χ4n) is 2.29. The maximum atomic E-state index is 12.1. The van der Waals surface area contributed by atoms with Crippen molar-refractivity contribution in [2.24, 2.45) is 5.41 Å². The first-order valence-electron chi connectivity index (χ1n) is 6.88. The topological polar surface area (TPSA) is 80.0 Å². The highest BCUT2D eigenvalue weighted by molar-refractivity contribution is 7.18. The summed E-state index contributed by atoms with van der Waals surface area (Å²) in [6.45, 7) is 5.70. The van der Waals surface area contributed by atoms with Crippen molar-refractivity contribution in [3.8, 4) is 0 Å². The van der Waals surface area contributed by atoms with Gasteiger partial charge in [-0.15, -0.1) is 0 Å². The van der Waals surface area contributed by atoms with Crippen LogP contribution < -0.4 is 16.4 Å². The zero-order chi connectivity index (χ0) is 13.9. The smallest absolute Gasteiger partial charge is 0.265 e. The van der Waals surface area contributed by atoms with Gasteiger partial charge in [-0.2, -0.15) is 0 Å². The third kappa shape index (κ3) is 3.37. The summed E-state index contributed by atoms with van der Waals surface area (Å²) >= 11 is 1.32. The minimum Gasteiger partial charge on any atom is -0.382 e. The van der Waals surface area contributed by atoms with Crippen LogP contribution in [0.25, 0.3) is 0 Å². The molecule has 0 unspecified atom stereocenters. The van der Waals surface area contributed by atoms with E-state index in [0.29, 0.717) is 21.2 Å². The lowest BCUT2D eigenvalue weighted by Gasteiger charge is -2.14. The zero-order valence-electron chi connectivity index (χ0n) is 11.6. The third-order valence-electron chi connectivity index (χ3n) is 3.55. The Morgan fingerprint density at radius 3 is 2.79 bits per heavy atom. The Labute approximate surface area is 118 Å². The Hall–Kier alpha value is -1.30. The quantitative estimate of drug-likeness (QED) is 0.717. The number of aromatic nitrogens is 1. The molecule has 106 valence electrons. The largest absolute Gasteiger partial charge is 0.382 e. The van der Waals surface area contributed by atoms with Gasteiger partial charge in [0, 0.05) is 13.1 Å². The van der Waals surface area contributed by atoms with Gasteiger partial charge < -0.3 is 16.4 Å². The van der Waals surface area contributed by atoms with E-state index in [1.54, 1.807) is 0 Å². The minimum atomic E-state index is -0.0958. The van der Waals surface area contributed by atoms with Crippen molar-refractivity contribution in [2.45, 2.75) is 39.5 Å². The highest BCUT2D eigenvalue weighted by atomic mass is 32.1. The number of carbonyl (C=O) groups excluding carboxylic acids is 1. The van der Waals surface area contributed by atoms with Crippen molar-refractivity contribution in [1.82, 2.24) is 10.3 Å². The molecule has 1 saturated carbocycles. The molecule has 5 nitrogen and oxygen atoms in total. The molecule has 0 bridgehead atoms. The molecule has 1 aliphatic carbocycles. The lowest BCUT2D eigenvalue weighted by Crippen LogP contribution is -2.30.